The van der Waals surface area contributed by atoms with E-state index in [0.29, 0.717) is 0 Å². The minimum atomic E-state index is -1.03. The molecule has 0 aromatic heterocycles. The van der Waals surface area contributed by atoms with Crippen molar-refractivity contribution in [3.05, 3.63) is 0 Å². The van der Waals surface area contributed by atoms with Crippen LogP contribution in [0.1, 0.15) is 80.0 Å². The van der Waals surface area contributed by atoms with Crippen LogP contribution in [0.2, 0.25) is 0 Å². The van der Waals surface area contributed by atoms with Crippen LogP contribution in [0.15, 0.2) is 0 Å². The fraction of sp³-hybridized carbons (Fsp3) is 1.00. The van der Waals surface area contributed by atoms with Crippen LogP contribution in [0.25, 0.3) is 0 Å². The topological polar surface area (TPSA) is 20.3 Å². The van der Waals surface area contributed by atoms with E-state index in [9.17, 15) is 0 Å². The molecule has 0 aliphatic heterocycles. The van der Waals surface area contributed by atoms with Gasteiger partial charge in [0.1, 0.15) is 0 Å². The third-order valence-electron chi connectivity index (χ3n) is 3.23. The van der Waals surface area contributed by atoms with Crippen molar-refractivity contribution in [1.82, 2.24) is 4.90 Å². The molecule has 2 nitrogen and oxygen atoms in total. The summed E-state index contributed by atoms with van der Waals surface area (Å²) in [5, 5.41) is 0. The van der Waals surface area contributed by atoms with E-state index in [2.05, 4.69) is 35.7 Å². The molecule has 0 rings (SSSR count). The first kappa shape index (κ1) is 21.9. The zero-order valence-electron chi connectivity index (χ0n) is 14.3. The van der Waals surface area contributed by atoms with Crippen molar-refractivity contribution in [3.63, 3.8) is 0 Å². The molecule has 0 radical (unpaired) electrons. The summed E-state index contributed by atoms with van der Waals surface area (Å²) in [5.41, 5.74) is 0. The number of hydrogen-bond acceptors (Lipinski definition) is 2. The minimum absolute atomic E-state index is 0. The second kappa shape index (κ2) is 20.9. The van der Waals surface area contributed by atoms with Gasteiger partial charge in [0.05, 0.1) is 0 Å². The maximum atomic E-state index is 8.78. The summed E-state index contributed by atoms with van der Waals surface area (Å²) in [4.78, 5) is 2.70. The summed E-state index contributed by atoms with van der Waals surface area (Å²) in [6.07, 6.45) is 12.4. The van der Waals surface area contributed by atoms with Gasteiger partial charge in [-0.2, -0.15) is 0 Å². The van der Waals surface area contributed by atoms with Crippen LogP contribution < -0.4 is 0 Å². The summed E-state index contributed by atoms with van der Waals surface area (Å²) in [5.74, 6) is 0. The van der Waals surface area contributed by atoms with Crippen molar-refractivity contribution in [2.75, 3.05) is 19.6 Å². The molecule has 0 atom stereocenters. The van der Waals surface area contributed by atoms with Gasteiger partial charge in [-0.1, -0.05) is 59.3 Å². The van der Waals surface area contributed by atoms with E-state index in [1.165, 1.54) is 77.4 Å². The Kier molecular flexibility index (Phi) is 24.1. The van der Waals surface area contributed by atoms with E-state index in [4.69, 9.17) is 3.80 Å². The molecule has 0 aromatic carbocycles. The Morgan fingerprint density at radius 2 is 1.05 bits per heavy atom. The van der Waals surface area contributed by atoms with Crippen molar-refractivity contribution >= 4 is 24.3 Å². The van der Waals surface area contributed by atoms with Crippen LogP contribution in [-0.4, -0.2) is 38.8 Å². The first-order valence-electron chi connectivity index (χ1n) is 8.02. The van der Waals surface area contributed by atoms with Crippen LogP contribution in [0.3, 0.4) is 0 Å². The van der Waals surface area contributed by atoms with Crippen molar-refractivity contribution in [2.45, 2.75) is 78.6 Å². The molecule has 0 heterocycles. The fourth-order valence-electron chi connectivity index (χ4n) is 2.09. The zero-order chi connectivity index (χ0) is 14.8. The van der Waals surface area contributed by atoms with Gasteiger partial charge in [0.15, 0.2) is 0 Å². The molecule has 19 heavy (non-hydrogen) atoms. The molecular weight excluding hydrogens is 273 g/mol. The molecule has 0 aromatic rings. The molecule has 0 spiro atoms. The van der Waals surface area contributed by atoms with Gasteiger partial charge < -0.3 is 4.90 Å². The van der Waals surface area contributed by atoms with Crippen molar-refractivity contribution in [3.8, 4) is 0 Å². The molecule has 114 valence electrons. The van der Waals surface area contributed by atoms with Crippen molar-refractivity contribution < 1.29 is 5.23 Å². The quantitative estimate of drug-likeness (QED) is 0.366. The van der Waals surface area contributed by atoms with E-state index < -0.39 is 14.2 Å². The average Bonchev–Trinajstić information content (AvgIpc) is 2.40. The number of rotatable bonds is 12. The second-order valence-corrected chi connectivity index (χ2v) is 5.76. The molecule has 0 amide bonds. The molecule has 0 saturated carbocycles. The van der Waals surface area contributed by atoms with Crippen molar-refractivity contribution in [2.24, 2.45) is 0 Å². The normalized spacial score (nSPS) is 9.95. The Bertz CT molecular complexity index is 152. The van der Waals surface area contributed by atoms with Gasteiger partial charge >= 0.3 is 29.5 Å². The molecular formula is C15H34AlClNO+. The van der Waals surface area contributed by atoms with Crippen molar-refractivity contribution in [1.29, 1.82) is 0 Å². The SMILES string of the molecule is CCCCCN(CCCCC)CCCCC.[H+].[O]=[Al][Cl]. The predicted octanol–water partition coefficient (Wildman–Crippen LogP) is 5.16. The Balaban J connectivity index is -0.000000657. The number of hydrogen-bond donors (Lipinski definition) is 0. The van der Waals surface area contributed by atoms with E-state index in [1.54, 1.807) is 0 Å². The number of halogens is 1. The predicted molar refractivity (Wildman–Crippen MR) is 88.4 cm³/mol. The van der Waals surface area contributed by atoms with E-state index >= 15 is 0 Å². The Labute approximate surface area is 132 Å². The standard InChI is InChI=1S/C15H33N.Al.ClH.O/c1-4-7-10-13-16(14-11-8-5-2)15-12-9-6-3;;;/h4-15H2,1-3H3;;1H;/q;+1;;. The molecule has 0 fully saturated rings. The Morgan fingerprint density at radius 3 is 1.26 bits per heavy atom. The van der Waals surface area contributed by atoms with Crippen LogP contribution in [0.4, 0.5) is 0 Å². The van der Waals surface area contributed by atoms with Gasteiger partial charge in [-0.05, 0) is 38.9 Å². The van der Waals surface area contributed by atoms with Crippen LogP contribution in [-0.2, 0) is 3.80 Å². The van der Waals surface area contributed by atoms with E-state index in [1.807, 2.05) is 0 Å². The Hall–Kier alpha value is 0.582. The van der Waals surface area contributed by atoms with Gasteiger partial charge in [0.25, 0.3) is 0 Å². The third-order valence-corrected chi connectivity index (χ3v) is 3.23. The molecule has 0 saturated heterocycles. The molecule has 4 heteroatoms. The molecule has 0 aliphatic rings. The Morgan fingerprint density at radius 1 is 0.789 bits per heavy atom. The monoisotopic (exact) mass is 306 g/mol. The van der Waals surface area contributed by atoms with Crippen LogP contribution in [0.5, 0.6) is 0 Å². The zero-order valence-corrected chi connectivity index (χ0v) is 15.2. The van der Waals surface area contributed by atoms with Gasteiger partial charge in [-0.25, -0.2) is 0 Å². The van der Waals surface area contributed by atoms with E-state index in [0.717, 1.165) is 0 Å². The molecule has 0 aliphatic carbocycles. The van der Waals surface area contributed by atoms with Gasteiger partial charge in [0.2, 0.25) is 0 Å². The first-order chi connectivity index (χ1) is 9.26. The summed E-state index contributed by atoms with van der Waals surface area (Å²) < 4.78 is 8.78. The molecule has 0 unspecified atom stereocenters. The van der Waals surface area contributed by atoms with Gasteiger partial charge in [-0.15, -0.1) is 0 Å². The van der Waals surface area contributed by atoms with Crippen LogP contribution in [0, 0.1) is 0 Å². The third kappa shape index (κ3) is 21.0. The second-order valence-electron chi connectivity index (χ2n) is 5.05. The average molecular weight is 307 g/mol. The van der Waals surface area contributed by atoms with Crippen LogP contribution >= 0.6 is 10.0 Å². The summed E-state index contributed by atoms with van der Waals surface area (Å²) in [6, 6.07) is 0. The van der Waals surface area contributed by atoms with Gasteiger partial charge in [0, 0.05) is 0 Å². The molecule has 0 N–H and O–H groups in total. The molecule has 0 bridgehead atoms. The van der Waals surface area contributed by atoms with E-state index in [-0.39, 0.29) is 1.43 Å². The number of nitrogens with zero attached hydrogens (tertiary/aromatic N) is 1. The summed E-state index contributed by atoms with van der Waals surface area (Å²) >= 11 is -1.03. The fourth-order valence-corrected chi connectivity index (χ4v) is 2.09. The van der Waals surface area contributed by atoms with Gasteiger partial charge in [-0.3, -0.25) is 0 Å². The number of unbranched alkanes of at least 4 members (excludes halogenated alkanes) is 6. The maximum absolute atomic E-state index is 8.78. The summed E-state index contributed by atoms with van der Waals surface area (Å²) in [7, 11) is 4.53. The summed E-state index contributed by atoms with van der Waals surface area (Å²) in [6.45, 7) is 10.9. The first-order valence-corrected chi connectivity index (χ1v) is 10.2.